The molecular weight excluding hydrogens is 250 g/mol. The first-order chi connectivity index (χ1) is 9.85. The van der Waals surface area contributed by atoms with Crippen molar-refractivity contribution in [3.05, 3.63) is 24.3 Å². The van der Waals surface area contributed by atoms with Crippen LogP contribution in [0.25, 0.3) is 0 Å². The molecule has 0 N–H and O–H groups in total. The van der Waals surface area contributed by atoms with Crippen molar-refractivity contribution in [3.8, 4) is 11.8 Å². The lowest BCUT2D eigenvalue weighted by atomic mass is 10.2. The SMILES string of the molecule is CCOc1ccccc1N1CCN(CCCC#N)CC1. The fourth-order valence-corrected chi connectivity index (χ4v) is 2.59. The summed E-state index contributed by atoms with van der Waals surface area (Å²) < 4.78 is 5.71. The van der Waals surface area contributed by atoms with Gasteiger partial charge in [0, 0.05) is 32.6 Å². The first-order valence-corrected chi connectivity index (χ1v) is 7.41. The number of hydrogen-bond donors (Lipinski definition) is 0. The molecule has 0 radical (unpaired) electrons. The highest BCUT2D eigenvalue weighted by Crippen LogP contribution is 2.28. The van der Waals surface area contributed by atoms with Gasteiger partial charge in [0.25, 0.3) is 0 Å². The molecule has 0 aromatic heterocycles. The van der Waals surface area contributed by atoms with Gasteiger partial charge in [-0.05, 0) is 32.0 Å². The summed E-state index contributed by atoms with van der Waals surface area (Å²) in [5, 5.41) is 8.58. The quantitative estimate of drug-likeness (QED) is 0.747. The minimum absolute atomic E-state index is 0.660. The van der Waals surface area contributed by atoms with E-state index < -0.39 is 0 Å². The van der Waals surface area contributed by atoms with Crippen molar-refractivity contribution < 1.29 is 4.74 Å². The summed E-state index contributed by atoms with van der Waals surface area (Å²) in [5.74, 6) is 0.980. The lowest BCUT2D eigenvalue weighted by Crippen LogP contribution is -2.46. The molecular formula is C16H23N3O. The standard InChI is InChI=1S/C16H23N3O/c1-2-20-16-8-4-3-7-15(16)19-13-11-18(12-14-19)10-6-5-9-17/h3-4,7-8H,2,5-6,10-14H2,1H3. The minimum atomic E-state index is 0.660. The number of hydrogen-bond acceptors (Lipinski definition) is 4. The molecule has 0 amide bonds. The predicted molar refractivity (Wildman–Crippen MR) is 81.1 cm³/mol. The molecule has 4 heteroatoms. The number of piperazine rings is 1. The molecule has 1 fully saturated rings. The zero-order valence-corrected chi connectivity index (χ0v) is 12.2. The maximum Gasteiger partial charge on any atom is 0.142 e. The molecule has 108 valence electrons. The molecule has 0 aliphatic carbocycles. The van der Waals surface area contributed by atoms with E-state index in [0.717, 1.165) is 44.9 Å². The van der Waals surface area contributed by atoms with Crippen LogP contribution >= 0.6 is 0 Å². The Morgan fingerprint density at radius 2 is 1.95 bits per heavy atom. The summed E-state index contributed by atoms with van der Waals surface area (Å²) in [4.78, 5) is 4.84. The van der Waals surface area contributed by atoms with Crippen LogP contribution in [0.1, 0.15) is 19.8 Å². The number of rotatable bonds is 6. The molecule has 0 spiro atoms. The van der Waals surface area contributed by atoms with Crippen LogP contribution in [-0.2, 0) is 0 Å². The van der Waals surface area contributed by atoms with Crippen LogP contribution in [0.4, 0.5) is 5.69 Å². The molecule has 1 heterocycles. The highest BCUT2D eigenvalue weighted by Gasteiger charge is 2.19. The molecule has 20 heavy (non-hydrogen) atoms. The normalized spacial score (nSPS) is 15.9. The van der Waals surface area contributed by atoms with Crippen molar-refractivity contribution in [3.63, 3.8) is 0 Å². The molecule has 0 saturated carbocycles. The molecule has 1 aliphatic heterocycles. The van der Waals surface area contributed by atoms with Crippen LogP contribution in [0, 0.1) is 11.3 Å². The number of ether oxygens (including phenoxy) is 1. The van der Waals surface area contributed by atoms with E-state index in [0.29, 0.717) is 13.0 Å². The van der Waals surface area contributed by atoms with Crippen LogP contribution in [-0.4, -0.2) is 44.2 Å². The largest absolute Gasteiger partial charge is 0.492 e. The van der Waals surface area contributed by atoms with Gasteiger partial charge in [-0.2, -0.15) is 5.26 Å². The van der Waals surface area contributed by atoms with Crippen molar-refractivity contribution in [1.82, 2.24) is 4.90 Å². The second-order valence-corrected chi connectivity index (χ2v) is 4.99. The third-order valence-corrected chi connectivity index (χ3v) is 3.64. The first-order valence-electron chi connectivity index (χ1n) is 7.41. The van der Waals surface area contributed by atoms with Gasteiger partial charge >= 0.3 is 0 Å². The summed E-state index contributed by atoms with van der Waals surface area (Å²) in [6.07, 6.45) is 1.64. The second-order valence-electron chi connectivity index (χ2n) is 4.99. The number of nitriles is 1. The molecule has 0 atom stereocenters. The van der Waals surface area contributed by atoms with E-state index in [1.807, 2.05) is 19.1 Å². The summed E-state index contributed by atoms with van der Waals surface area (Å²) in [6, 6.07) is 10.5. The Balaban J connectivity index is 1.89. The van der Waals surface area contributed by atoms with Gasteiger partial charge in [-0.3, -0.25) is 4.90 Å². The van der Waals surface area contributed by atoms with Gasteiger partial charge < -0.3 is 9.64 Å². The van der Waals surface area contributed by atoms with Gasteiger partial charge in [-0.1, -0.05) is 12.1 Å². The fourth-order valence-electron chi connectivity index (χ4n) is 2.59. The van der Waals surface area contributed by atoms with Crippen LogP contribution in [0.5, 0.6) is 5.75 Å². The third-order valence-electron chi connectivity index (χ3n) is 3.64. The zero-order chi connectivity index (χ0) is 14.2. The summed E-state index contributed by atoms with van der Waals surface area (Å²) in [6.45, 7) is 7.93. The van der Waals surface area contributed by atoms with Crippen molar-refractivity contribution in [2.24, 2.45) is 0 Å². The Morgan fingerprint density at radius 3 is 2.65 bits per heavy atom. The van der Waals surface area contributed by atoms with Gasteiger partial charge in [-0.15, -0.1) is 0 Å². The maximum atomic E-state index is 8.58. The Morgan fingerprint density at radius 1 is 1.20 bits per heavy atom. The molecule has 2 rings (SSSR count). The second kappa shape index (κ2) is 7.76. The average Bonchev–Trinajstić information content (AvgIpc) is 2.49. The minimum Gasteiger partial charge on any atom is -0.492 e. The summed E-state index contributed by atoms with van der Waals surface area (Å²) in [5.41, 5.74) is 1.20. The van der Waals surface area contributed by atoms with E-state index in [9.17, 15) is 0 Å². The maximum absolute atomic E-state index is 8.58. The van der Waals surface area contributed by atoms with Gasteiger partial charge in [0.1, 0.15) is 5.75 Å². The highest BCUT2D eigenvalue weighted by molar-refractivity contribution is 5.58. The molecule has 0 bridgehead atoms. The molecule has 0 unspecified atom stereocenters. The van der Waals surface area contributed by atoms with E-state index in [1.165, 1.54) is 5.69 Å². The smallest absolute Gasteiger partial charge is 0.142 e. The Kier molecular flexibility index (Phi) is 5.69. The third kappa shape index (κ3) is 3.88. The van der Waals surface area contributed by atoms with E-state index >= 15 is 0 Å². The number of anilines is 1. The van der Waals surface area contributed by atoms with Crippen LogP contribution in [0.3, 0.4) is 0 Å². The number of nitrogens with zero attached hydrogens (tertiary/aromatic N) is 3. The summed E-state index contributed by atoms with van der Waals surface area (Å²) in [7, 11) is 0. The summed E-state index contributed by atoms with van der Waals surface area (Å²) >= 11 is 0. The Hall–Kier alpha value is -1.73. The monoisotopic (exact) mass is 273 g/mol. The highest BCUT2D eigenvalue weighted by atomic mass is 16.5. The average molecular weight is 273 g/mol. The number of para-hydroxylation sites is 2. The van der Waals surface area contributed by atoms with Gasteiger partial charge in [0.15, 0.2) is 0 Å². The van der Waals surface area contributed by atoms with E-state index in [-0.39, 0.29) is 0 Å². The zero-order valence-electron chi connectivity index (χ0n) is 12.2. The molecule has 1 saturated heterocycles. The number of benzene rings is 1. The first kappa shape index (κ1) is 14.7. The molecule has 1 aromatic carbocycles. The molecule has 1 aliphatic rings. The van der Waals surface area contributed by atoms with E-state index in [4.69, 9.17) is 10.00 Å². The lowest BCUT2D eigenvalue weighted by molar-refractivity contribution is 0.254. The van der Waals surface area contributed by atoms with E-state index in [2.05, 4.69) is 28.0 Å². The number of unbranched alkanes of at least 4 members (excludes halogenated alkanes) is 1. The van der Waals surface area contributed by atoms with E-state index in [1.54, 1.807) is 0 Å². The van der Waals surface area contributed by atoms with Crippen LogP contribution < -0.4 is 9.64 Å². The molecule has 4 nitrogen and oxygen atoms in total. The lowest BCUT2D eigenvalue weighted by Gasteiger charge is -2.36. The van der Waals surface area contributed by atoms with Crippen molar-refractivity contribution in [1.29, 1.82) is 5.26 Å². The van der Waals surface area contributed by atoms with Crippen molar-refractivity contribution >= 4 is 5.69 Å². The van der Waals surface area contributed by atoms with Crippen LogP contribution in [0.15, 0.2) is 24.3 Å². The topological polar surface area (TPSA) is 39.5 Å². The van der Waals surface area contributed by atoms with Gasteiger partial charge in [-0.25, -0.2) is 0 Å². The fraction of sp³-hybridized carbons (Fsp3) is 0.562. The molecule has 1 aromatic rings. The van der Waals surface area contributed by atoms with Crippen LogP contribution in [0.2, 0.25) is 0 Å². The van der Waals surface area contributed by atoms with Gasteiger partial charge in [0.05, 0.1) is 18.4 Å². The predicted octanol–water partition coefficient (Wildman–Crippen LogP) is 2.51. The van der Waals surface area contributed by atoms with Crippen molar-refractivity contribution in [2.75, 3.05) is 44.2 Å². The van der Waals surface area contributed by atoms with Gasteiger partial charge in [0.2, 0.25) is 0 Å². The van der Waals surface area contributed by atoms with Crippen molar-refractivity contribution in [2.45, 2.75) is 19.8 Å². The Labute approximate surface area is 121 Å². The Bertz CT molecular complexity index is 447.